The van der Waals surface area contributed by atoms with E-state index in [2.05, 4.69) is 71.6 Å². The van der Waals surface area contributed by atoms with Crippen molar-refractivity contribution in [1.29, 1.82) is 0 Å². The number of carbonyl (C=O) groups is 1. The average molecular weight is 454 g/mol. The molecule has 4 rings (SSSR count). The molecule has 0 amide bonds. The lowest BCUT2D eigenvalue weighted by Gasteiger charge is -2.21. The molecule has 5 nitrogen and oxygen atoms in total. The van der Waals surface area contributed by atoms with Crippen molar-refractivity contribution in [3.05, 3.63) is 102 Å². The molecule has 5 heteroatoms. The van der Waals surface area contributed by atoms with Crippen LogP contribution in [0.25, 0.3) is 11.3 Å². The number of benzene rings is 2. The van der Waals surface area contributed by atoms with Gasteiger partial charge in [-0.15, -0.1) is 0 Å². The number of aromatic nitrogens is 2. The van der Waals surface area contributed by atoms with Crippen molar-refractivity contribution in [2.24, 2.45) is 5.92 Å². The van der Waals surface area contributed by atoms with E-state index in [1.54, 1.807) is 6.07 Å². The van der Waals surface area contributed by atoms with Crippen molar-refractivity contribution < 1.29 is 9.90 Å². The second kappa shape index (κ2) is 10.9. The third-order valence-electron chi connectivity index (χ3n) is 6.46. The van der Waals surface area contributed by atoms with Gasteiger partial charge in [-0.25, -0.2) is 14.8 Å². The number of aliphatic carboxylic acids is 1. The molecule has 0 radical (unpaired) electrons. The zero-order valence-corrected chi connectivity index (χ0v) is 19.7. The molecule has 2 aromatic carbocycles. The molecule has 0 saturated carbocycles. The molecule has 174 valence electrons. The normalized spacial score (nSPS) is 17.0. The number of nitrogens with one attached hydrogen (secondary N) is 1. The maximum Gasteiger partial charge on any atom is 0.326 e. The Bertz CT molecular complexity index is 1170. The molecule has 1 heterocycles. The number of carboxylic acid groups (broad SMARTS) is 1. The van der Waals surface area contributed by atoms with E-state index in [1.165, 1.54) is 17.5 Å². The number of hydrogen-bond acceptors (Lipinski definition) is 4. The Morgan fingerprint density at radius 1 is 1.09 bits per heavy atom. The van der Waals surface area contributed by atoms with Crippen molar-refractivity contribution in [1.82, 2.24) is 9.97 Å². The van der Waals surface area contributed by atoms with Crippen LogP contribution in [0.4, 0.5) is 5.82 Å². The maximum absolute atomic E-state index is 11.8. The molecule has 1 aliphatic carbocycles. The van der Waals surface area contributed by atoms with Gasteiger partial charge in [0.05, 0.1) is 5.69 Å². The van der Waals surface area contributed by atoms with Crippen LogP contribution in [0.2, 0.25) is 0 Å². The zero-order valence-electron chi connectivity index (χ0n) is 19.7. The minimum absolute atomic E-state index is 0.368. The highest BCUT2D eigenvalue weighted by molar-refractivity contribution is 5.77. The second-order valence-electron chi connectivity index (χ2n) is 9.05. The van der Waals surface area contributed by atoms with Gasteiger partial charge in [-0.1, -0.05) is 92.2 Å². The lowest BCUT2D eigenvalue weighted by molar-refractivity contribution is -0.137. The van der Waals surface area contributed by atoms with Crippen LogP contribution in [0.5, 0.6) is 0 Å². The minimum Gasteiger partial charge on any atom is -0.480 e. The van der Waals surface area contributed by atoms with E-state index in [0.29, 0.717) is 24.1 Å². The Morgan fingerprint density at radius 3 is 2.56 bits per heavy atom. The molecule has 0 spiro atoms. The molecule has 34 heavy (non-hydrogen) atoms. The van der Waals surface area contributed by atoms with E-state index < -0.39 is 12.0 Å². The third-order valence-corrected chi connectivity index (χ3v) is 6.46. The van der Waals surface area contributed by atoms with Crippen molar-refractivity contribution >= 4 is 11.8 Å². The van der Waals surface area contributed by atoms with E-state index in [-0.39, 0.29) is 0 Å². The number of allylic oxidation sites excluding steroid dienone is 4. The Labute approximate surface area is 201 Å². The monoisotopic (exact) mass is 453 g/mol. The van der Waals surface area contributed by atoms with Gasteiger partial charge in [-0.05, 0) is 35.8 Å². The molecule has 3 aromatic rings. The fourth-order valence-electron chi connectivity index (χ4n) is 4.34. The van der Waals surface area contributed by atoms with Crippen molar-refractivity contribution in [3.8, 4) is 11.3 Å². The summed E-state index contributed by atoms with van der Waals surface area (Å²) in [6, 6.07) is 19.1. The average Bonchev–Trinajstić information content (AvgIpc) is 2.86. The van der Waals surface area contributed by atoms with Crippen LogP contribution in [0.3, 0.4) is 0 Å². The molecule has 0 saturated heterocycles. The largest absolute Gasteiger partial charge is 0.480 e. The van der Waals surface area contributed by atoms with Gasteiger partial charge in [0.1, 0.15) is 18.2 Å². The lowest BCUT2D eigenvalue weighted by Crippen LogP contribution is -2.31. The van der Waals surface area contributed by atoms with E-state index in [1.807, 2.05) is 30.3 Å². The standard InChI is InChI=1S/C29H31N3O2/c1-20-8-6-7-11-25(20)16-21(2)23-12-14-24(15-13-23)26-18-28(31-19-30-26)32-27(29(33)34)17-22-9-4-3-5-10-22/h3-7,9-15,18-21,27H,8,16-17H2,1-2H3,(H,33,34)(H,30,31,32). The fraction of sp³-hybridized carbons (Fsp3) is 0.276. The first-order valence-electron chi connectivity index (χ1n) is 11.8. The first kappa shape index (κ1) is 23.4. The predicted octanol–water partition coefficient (Wildman–Crippen LogP) is 6.27. The van der Waals surface area contributed by atoms with Crippen LogP contribution < -0.4 is 5.32 Å². The van der Waals surface area contributed by atoms with Gasteiger partial charge in [-0.2, -0.15) is 0 Å². The SMILES string of the molecule is CC1CC=CC=C1CC(C)c1ccc(-c2cc(NC(Cc3ccccc3)C(=O)O)ncn2)cc1. The summed E-state index contributed by atoms with van der Waals surface area (Å²) in [4.78, 5) is 20.5. The first-order valence-corrected chi connectivity index (χ1v) is 11.8. The predicted molar refractivity (Wildman–Crippen MR) is 137 cm³/mol. The summed E-state index contributed by atoms with van der Waals surface area (Å²) in [6.45, 7) is 4.56. The molecule has 3 unspecified atom stereocenters. The van der Waals surface area contributed by atoms with Crippen molar-refractivity contribution in [2.45, 2.75) is 45.1 Å². The van der Waals surface area contributed by atoms with Crippen LogP contribution >= 0.6 is 0 Å². The van der Waals surface area contributed by atoms with Crippen LogP contribution in [0.15, 0.2) is 90.8 Å². The fourth-order valence-corrected chi connectivity index (χ4v) is 4.34. The van der Waals surface area contributed by atoms with Gasteiger partial charge in [0.25, 0.3) is 0 Å². The number of anilines is 1. The van der Waals surface area contributed by atoms with E-state index in [9.17, 15) is 9.90 Å². The van der Waals surface area contributed by atoms with Gasteiger partial charge >= 0.3 is 5.97 Å². The molecule has 1 aliphatic rings. The second-order valence-corrected chi connectivity index (χ2v) is 9.05. The summed E-state index contributed by atoms with van der Waals surface area (Å²) in [5.74, 6) is 0.624. The van der Waals surface area contributed by atoms with Gasteiger partial charge in [0.2, 0.25) is 0 Å². The Balaban J connectivity index is 1.45. The van der Waals surface area contributed by atoms with Gasteiger partial charge < -0.3 is 10.4 Å². The zero-order chi connectivity index (χ0) is 23.9. The molecular weight excluding hydrogens is 422 g/mol. The maximum atomic E-state index is 11.8. The number of hydrogen-bond donors (Lipinski definition) is 2. The molecule has 1 aromatic heterocycles. The van der Waals surface area contributed by atoms with E-state index in [4.69, 9.17) is 0 Å². The number of rotatable bonds is 9. The molecule has 3 atom stereocenters. The van der Waals surface area contributed by atoms with Crippen LogP contribution in [-0.4, -0.2) is 27.1 Å². The quantitative estimate of drug-likeness (QED) is 0.399. The summed E-state index contributed by atoms with van der Waals surface area (Å²) >= 11 is 0. The van der Waals surface area contributed by atoms with E-state index >= 15 is 0 Å². The topological polar surface area (TPSA) is 75.1 Å². The van der Waals surface area contributed by atoms with Gasteiger partial charge in [0, 0.05) is 18.1 Å². The summed E-state index contributed by atoms with van der Waals surface area (Å²) in [5, 5.41) is 12.7. The molecule has 0 aliphatic heterocycles. The third kappa shape index (κ3) is 5.98. The highest BCUT2D eigenvalue weighted by Crippen LogP contribution is 2.31. The van der Waals surface area contributed by atoms with Crippen LogP contribution in [-0.2, 0) is 11.2 Å². The smallest absolute Gasteiger partial charge is 0.326 e. The summed E-state index contributed by atoms with van der Waals surface area (Å²) in [5.41, 5.74) is 5.50. The molecule has 0 fully saturated rings. The van der Waals surface area contributed by atoms with Crippen molar-refractivity contribution in [2.75, 3.05) is 5.32 Å². The highest BCUT2D eigenvalue weighted by Gasteiger charge is 2.19. The Kier molecular flexibility index (Phi) is 7.53. The summed E-state index contributed by atoms with van der Waals surface area (Å²) < 4.78 is 0. The first-order chi connectivity index (χ1) is 16.5. The molecular formula is C29H31N3O2. The summed E-state index contributed by atoms with van der Waals surface area (Å²) in [7, 11) is 0. The minimum atomic E-state index is -0.916. The molecule has 2 N–H and O–H groups in total. The van der Waals surface area contributed by atoms with Crippen molar-refractivity contribution in [3.63, 3.8) is 0 Å². The summed E-state index contributed by atoms with van der Waals surface area (Å²) in [6.07, 6.45) is 10.7. The van der Waals surface area contributed by atoms with Crippen LogP contribution in [0, 0.1) is 5.92 Å². The lowest BCUT2D eigenvalue weighted by atomic mass is 9.84. The molecule has 0 bridgehead atoms. The van der Waals surface area contributed by atoms with Gasteiger partial charge in [0.15, 0.2) is 0 Å². The highest BCUT2D eigenvalue weighted by atomic mass is 16.4. The van der Waals surface area contributed by atoms with Crippen LogP contribution in [0.1, 0.15) is 43.7 Å². The van der Waals surface area contributed by atoms with E-state index in [0.717, 1.165) is 29.7 Å². The Hall–Kier alpha value is -3.73. The van der Waals surface area contributed by atoms with Gasteiger partial charge in [-0.3, -0.25) is 0 Å². The number of carboxylic acids is 1. The Morgan fingerprint density at radius 2 is 1.85 bits per heavy atom. The number of nitrogens with zero attached hydrogens (tertiary/aromatic N) is 2.